The molecule has 4 nitrogen and oxygen atoms in total. The van der Waals surface area contributed by atoms with Crippen LogP contribution >= 0.6 is 0 Å². The number of hydrogen-bond donors (Lipinski definition) is 2. The van der Waals surface area contributed by atoms with Gasteiger partial charge in [-0.15, -0.1) is 0 Å². The summed E-state index contributed by atoms with van der Waals surface area (Å²) >= 11 is 0. The van der Waals surface area contributed by atoms with E-state index < -0.39 is 12.1 Å². The van der Waals surface area contributed by atoms with Crippen molar-refractivity contribution in [3.63, 3.8) is 0 Å². The average molecular weight is 223 g/mol. The molecule has 0 aromatic heterocycles. The van der Waals surface area contributed by atoms with Crippen molar-refractivity contribution in [1.82, 2.24) is 0 Å². The lowest BCUT2D eigenvalue weighted by Gasteiger charge is -2.12. The number of aliphatic hydroxyl groups is 1. The van der Waals surface area contributed by atoms with Crippen LogP contribution in [0.4, 0.5) is 0 Å². The van der Waals surface area contributed by atoms with Crippen molar-refractivity contribution in [1.29, 1.82) is 0 Å². The molecule has 0 heterocycles. The highest BCUT2D eigenvalue weighted by molar-refractivity contribution is 5.71. The largest absolute Gasteiger partial charge is 0.462 e. The van der Waals surface area contributed by atoms with Crippen molar-refractivity contribution >= 4 is 5.97 Å². The number of ether oxygens (including phenoxy) is 1. The zero-order chi connectivity index (χ0) is 12.0. The standard InChI is InChI=1S/C12H17NO3/c1-2-9-4-3-5-10(6-9)11(14)8-16-12(15)7-13/h3-6,11,14H,2,7-8,13H2,1H3. The normalized spacial score (nSPS) is 12.2. The number of carbonyl (C=O) groups excluding carboxylic acids is 1. The summed E-state index contributed by atoms with van der Waals surface area (Å²) in [4.78, 5) is 10.8. The molecule has 0 amide bonds. The third-order valence-electron chi connectivity index (χ3n) is 2.31. The summed E-state index contributed by atoms with van der Waals surface area (Å²) in [7, 11) is 0. The Labute approximate surface area is 95.0 Å². The summed E-state index contributed by atoms with van der Waals surface area (Å²) in [6.07, 6.45) is 0.116. The van der Waals surface area contributed by atoms with Crippen molar-refractivity contribution in [2.45, 2.75) is 19.4 Å². The Morgan fingerprint density at radius 1 is 1.56 bits per heavy atom. The molecule has 0 saturated carbocycles. The van der Waals surface area contributed by atoms with Crippen LogP contribution in [-0.4, -0.2) is 24.2 Å². The molecule has 0 bridgehead atoms. The number of aliphatic hydroxyl groups excluding tert-OH is 1. The van der Waals surface area contributed by atoms with Gasteiger partial charge in [0, 0.05) is 0 Å². The van der Waals surface area contributed by atoms with E-state index in [0.29, 0.717) is 0 Å². The summed E-state index contributed by atoms with van der Waals surface area (Å²) in [5, 5.41) is 9.77. The van der Waals surface area contributed by atoms with E-state index in [1.807, 2.05) is 25.1 Å². The van der Waals surface area contributed by atoms with Crippen LogP contribution in [0.1, 0.15) is 24.2 Å². The van der Waals surface area contributed by atoms with Crippen molar-refractivity contribution in [3.05, 3.63) is 35.4 Å². The smallest absolute Gasteiger partial charge is 0.319 e. The molecule has 0 spiro atoms. The first-order valence-corrected chi connectivity index (χ1v) is 5.30. The molecule has 0 aliphatic rings. The van der Waals surface area contributed by atoms with Gasteiger partial charge < -0.3 is 15.6 Å². The molecule has 1 atom stereocenters. The fraction of sp³-hybridized carbons (Fsp3) is 0.417. The minimum absolute atomic E-state index is 0.0524. The summed E-state index contributed by atoms with van der Waals surface area (Å²) in [6, 6.07) is 7.57. The van der Waals surface area contributed by atoms with Gasteiger partial charge in [-0.25, -0.2) is 0 Å². The molecule has 1 aromatic rings. The second-order valence-electron chi connectivity index (χ2n) is 3.50. The van der Waals surface area contributed by atoms with Gasteiger partial charge in [0.2, 0.25) is 0 Å². The summed E-state index contributed by atoms with van der Waals surface area (Å²) < 4.78 is 4.77. The zero-order valence-electron chi connectivity index (χ0n) is 9.35. The van der Waals surface area contributed by atoms with Crippen LogP contribution in [-0.2, 0) is 16.0 Å². The van der Waals surface area contributed by atoms with E-state index in [0.717, 1.165) is 17.5 Å². The zero-order valence-corrected chi connectivity index (χ0v) is 9.35. The molecule has 0 aliphatic carbocycles. The predicted molar refractivity (Wildman–Crippen MR) is 60.8 cm³/mol. The van der Waals surface area contributed by atoms with Crippen molar-refractivity contribution in [2.24, 2.45) is 5.73 Å². The van der Waals surface area contributed by atoms with Crippen LogP contribution in [0.15, 0.2) is 24.3 Å². The van der Waals surface area contributed by atoms with Gasteiger partial charge in [-0.1, -0.05) is 31.2 Å². The molecule has 3 N–H and O–H groups in total. The van der Waals surface area contributed by atoms with Crippen molar-refractivity contribution in [2.75, 3.05) is 13.2 Å². The maximum absolute atomic E-state index is 10.8. The van der Waals surface area contributed by atoms with Crippen LogP contribution in [0.2, 0.25) is 0 Å². The first-order chi connectivity index (χ1) is 7.67. The fourth-order valence-electron chi connectivity index (χ4n) is 1.35. The maximum atomic E-state index is 10.8. The first kappa shape index (κ1) is 12.7. The van der Waals surface area contributed by atoms with Gasteiger partial charge in [0.05, 0.1) is 6.54 Å². The topological polar surface area (TPSA) is 72.5 Å². The highest BCUT2D eigenvalue weighted by atomic mass is 16.5. The molecule has 0 radical (unpaired) electrons. The van der Waals surface area contributed by atoms with Gasteiger partial charge in [-0.05, 0) is 17.5 Å². The quantitative estimate of drug-likeness (QED) is 0.724. The number of esters is 1. The Balaban J connectivity index is 2.58. The molecule has 0 saturated heterocycles. The lowest BCUT2D eigenvalue weighted by molar-refractivity contribution is -0.144. The number of benzene rings is 1. The van der Waals surface area contributed by atoms with Crippen molar-refractivity contribution in [3.8, 4) is 0 Å². The van der Waals surface area contributed by atoms with E-state index in [4.69, 9.17) is 10.5 Å². The highest BCUT2D eigenvalue weighted by Crippen LogP contribution is 2.15. The van der Waals surface area contributed by atoms with E-state index in [9.17, 15) is 9.90 Å². The second kappa shape index (κ2) is 6.25. The first-order valence-electron chi connectivity index (χ1n) is 5.30. The number of hydrogen-bond acceptors (Lipinski definition) is 4. The molecule has 0 fully saturated rings. The Morgan fingerprint density at radius 3 is 2.94 bits per heavy atom. The lowest BCUT2D eigenvalue weighted by atomic mass is 10.1. The van der Waals surface area contributed by atoms with Crippen LogP contribution < -0.4 is 5.73 Å². The minimum Gasteiger partial charge on any atom is -0.462 e. The SMILES string of the molecule is CCc1cccc(C(O)COC(=O)CN)c1. The molecule has 1 aromatic carbocycles. The number of nitrogens with two attached hydrogens (primary N) is 1. The maximum Gasteiger partial charge on any atom is 0.319 e. The Hall–Kier alpha value is -1.39. The number of aryl methyl sites for hydroxylation is 1. The van der Waals surface area contributed by atoms with Gasteiger partial charge in [0.15, 0.2) is 0 Å². The molecule has 88 valence electrons. The lowest BCUT2D eigenvalue weighted by Crippen LogP contribution is -2.20. The van der Waals surface area contributed by atoms with Crippen LogP contribution in [0.5, 0.6) is 0 Å². The predicted octanol–water partition coefficient (Wildman–Crippen LogP) is 0.784. The van der Waals surface area contributed by atoms with Gasteiger partial charge in [-0.3, -0.25) is 4.79 Å². The molecule has 0 aliphatic heterocycles. The van der Waals surface area contributed by atoms with Crippen LogP contribution in [0, 0.1) is 0 Å². The Kier molecular flexibility index (Phi) is 4.95. The average Bonchev–Trinajstić information content (AvgIpc) is 2.35. The van der Waals surface area contributed by atoms with E-state index in [1.165, 1.54) is 0 Å². The molecular formula is C12H17NO3. The molecule has 4 heteroatoms. The van der Waals surface area contributed by atoms with Crippen LogP contribution in [0.3, 0.4) is 0 Å². The minimum atomic E-state index is -0.790. The molecule has 1 unspecified atom stereocenters. The molecular weight excluding hydrogens is 206 g/mol. The fourth-order valence-corrected chi connectivity index (χ4v) is 1.35. The van der Waals surface area contributed by atoms with Crippen molar-refractivity contribution < 1.29 is 14.6 Å². The van der Waals surface area contributed by atoms with Gasteiger partial charge in [-0.2, -0.15) is 0 Å². The summed E-state index contributed by atoms with van der Waals surface area (Å²) in [5.74, 6) is -0.509. The Bertz CT molecular complexity index is 352. The third kappa shape index (κ3) is 3.64. The number of rotatable bonds is 5. The van der Waals surface area contributed by atoms with Crippen LogP contribution in [0.25, 0.3) is 0 Å². The summed E-state index contributed by atoms with van der Waals surface area (Å²) in [6.45, 7) is 1.82. The van der Waals surface area contributed by atoms with E-state index >= 15 is 0 Å². The van der Waals surface area contributed by atoms with E-state index in [-0.39, 0.29) is 13.2 Å². The second-order valence-corrected chi connectivity index (χ2v) is 3.50. The van der Waals surface area contributed by atoms with Gasteiger partial charge in [0.25, 0.3) is 0 Å². The molecule has 16 heavy (non-hydrogen) atoms. The molecule has 1 rings (SSSR count). The van der Waals surface area contributed by atoms with E-state index in [1.54, 1.807) is 6.07 Å². The highest BCUT2D eigenvalue weighted by Gasteiger charge is 2.10. The van der Waals surface area contributed by atoms with E-state index in [2.05, 4.69) is 0 Å². The monoisotopic (exact) mass is 223 g/mol. The Morgan fingerprint density at radius 2 is 2.31 bits per heavy atom. The third-order valence-corrected chi connectivity index (χ3v) is 2.31. The van der Waals surface area contributed by atoms with Gasteiger partial charge in [0.1, 0.15) is 12.7 Å². The van der Waals surface area contributed by atoms with Gasteiger partial charge >= 0.3 is 5.97 Å². The summed E-state index contributed by atoms with van der Waals surface area (Å²) in [5.41, 5.74) is 6.98. The number of carbonyl (C=O) groups is 1.